The molecular formula is C21H32N2O2. The number of nitrogens with zero attached hydrogens (tertiary/aromatic N) is 2. The lowest BCUT2D eigenvalue weighted by molar-refractivity contribution is -0.138. The number of likely N-dealkylation sites (tertiary alicyclic amines) is 2. The molecule has 3 rings (SSSR count). The minimum absolute atomic E-state index is 0.303. The topological polar surface area (TPSA) is 32.8 Å². The van der Waals surface area contributed by atoms with Crippen LogP contribution in [-0.2, 0) is 4.79 Å². The smallest absolute Gasteiger partial charge is 0.237 e. The van der Waals surface area contributed by atoms with E-state index in [2.05, 4.69) is 35.8 Å². The molecule has 25 heavy (non-hydrogen) atoms. The molecule has 2 aliphatic rings. The Morgan fingerprint density at radius 3 is 2.40 bits per heavy atom. The highest BCUT2D eigenvalue weighted by Gasteiger charge is 2.33. The SMILES string of the molecule is CCOc1ccc(C2CCCN2CC(=O)N2C(C)CCCC2C)cc1. The Morgan fingerprint density at radius 1 is 1.08 bits per heavy atom. The van der Waals surface area contributed by atoms with Crippen LogP contribution in [0.4, 0.5) is 0 Å². The minimum Gasteiger partial charge on any atom is -0.494 e. The number of hydrogen-bond acceptors (Lipinski definition) is 3. The van der Waals surface area contributed by atoms with Crippen LogP contribution in [0.25, 0.3) is 0 Å². The lowest BCUT2D eigenvalue weighted by Crippen LogP contribution is -2.51. The van der Waals surface area contributed by atoms with Crippen molar-refractivity contribution < 1.29 is 9.53 Å². The second-order valence-electron chi connectivity index (χ2n) is 7.56. The van der Waals surface area contributed by atoms with Crippen molar-refractivity contribution in [1.29, 1.82) is 0 Å². The molecule has 0 bridgehead atoms. The van der Waals surface area contributed by atoms with Gasteiger partial charge in [-0.2, -0.15) is 0 Å². The Kier molecular flexibility index (Phi) is 6.00. The van der Waals surface area contributed by atoms with E-state index in [1.54, 1.807) is 0 Å². The van der Waals surface area contributed by atoms with Crippen molar-refractivity contribution in [2.24, 2.45) is 0 Å². The highest BCUT2D eigenvalue weighted by atomic mass is 16.5. The molecule has 0 radical (unpaired) electrons. The van der Waals surface area contributed by atoms with Crippen LogP contribution in [0.5, 0.6) is 5.75 Å². The van der Waals surface area contributed by atoms with Gasteiger partial charge in [0.2, 0.25) is 5.91 Å². The molecule has 4 heteroatoms. The van der Waals surface area contributed by atoms with Crippen molar-refractivity contribution >= 4 is 5.91 Å². The predicted molar refractivity (Wildman–Crippen MR) is 101 cm³/mol. The third kappa shape index (κ3) is 4.17. The number of carbonyl (C=O) groups excluding carboxylic acids is 1. The normalized spacial score (nSPS) is 27.5. The van der Waals surface area contributed by atoms with Crippen molar-refractivity contribution in [3.8, 4) is 5.75 Å². The molecule has 2 aliphatic heterocycles. The number of hydrogen-bond donors (Lipinski definition) is 0. The Morgan fingerprint density at radius 2 is 1.76 bits per heavy atom. The first kappa shape index (κ1) is 18.2. The molecule has 138 valence electrons. The maximum atomic E-state index is 13.0. The summed E-state index contributed by atoms with van der Waals surface area (Å²) >= 11 is 0. The monoisotopic (exact) mass is 344 g/mol. The number of benzene rings is 1. The fraction of sp³-hybridized carbons (Fsp3) is 0.667. The molecular weight excluding hydrogens is 312 g/mol. The van der Waals surface area contributed by atoms with Crippen LogP contribution < -0.4 is 4.74 Å². The summed E-state index contributed by atoms with van der Waals surface area (Å²) in [6, 6.07) is 9.52. The molecule has 0 saturated carbocycles. The van der Waals surface area contributed by atoms with E-state index in [1.165, 1.54) is 12.0 Å². The van der Waals surface area contributed by atoms with Gasteiger partial charge in [0, 0.05) is 18.1 Å². The molecule has 0 aromatic heterocycles. The van der Waals surface area contributed by atoms with Crippen molar-refractivity contribution in [2.75, 3.05) is 19.7 Å². The van der Waals surface area contributed by atoms with Crippen LogP contribution in [0.3, 0.4) is 0 Å². The molecule has 2 fully saturated rings. The van der Waals surface area contributed by atoms with Crippen LogP contribution in [0.2, 0.25) is 0 Å². The highest BCUT2D eigenvalue weighted by Crippen LogP contribution is 2.33. The van der Waals surface area contributed by atoms with Gasteiger partial charge in [0.15, 0.2) is 0 Å². The average Bonchev–Trinajstić information content (AvgIpc) is 3.04. The zero-order valence-electron chi connectivity index (χ0n) is 15.9. The summed E-state index contributed by atoms with van der Waals surface area (Å²) in [6.07, 6.45) is 5.81. The molecule has 2 heterocycles. The molecule has 3 unspecified atom stereocenters. The summed E-state index contributed by atoms with van der Waals surface area (Å²) in [7, 11) is 0. The number of ether oxygens (including phenoxy) is 1. The van der Waals surface area contributed by atoms with Gasteiger partial charge in [-0.3, -0.25) is 9.69 Å². The lowest BCUT2D eigenvalue weighted by atomic mass is 9.97. The van der Waals surface area contributed by atoms with Crippen LogP contribution in [0.1, 0.15) is 64.5 Å². The van der Waals surface area contributed by atoms with E-state index in [4.69, 9.17) is 4.74 Å². The zero-order chi connectivity index (χ0) is 17.8. The summed E-state index contributed by atoms with van der Waals surface area (Å²) in [5, 5.41) is 0. The molecule has 0 N–H and O–H groups in total. The molecule has 1 aromatic rings. The Bertz CT molecular complexity index is 562. The van der Waals surface area contributed by atoms with E-state index in [0.717, 1.165) is 38.0 Å². The first-order chi connectivity index (χ1) is 12.1. The summed E-state index contributed by atoms with van der Waals surface area (Å²) in [6.45, 7) is 8.64. The van der Waals surface area contributed by atoms with Crippen LogP contribution >= 0.6 is 0 Å². The third-order valence-electron chi connectivity index (χ3n) is 5.76. The molecule has 0 spiro atoms. The maximum absolute atomic E-state index is 13.0. The minimum atomic E-state index is 0.303. The summed E-state index contributed by atoms with van der Waals surface area (Å²) in [5.74, 6) is 1.22. The van der Waals surface area contributed by atoms with Gasteiger partial charge in [-0.15, -0.1) is 0 Å². The van der Waals surface area contributed by atoms with Crippen molar-refractivity contribution in [3.05, 3.63) is 29.8 Å². The largest absolute Gasteiger partial charge is 0.494 e. The fourth-order valence-corrected chi connectivity index (χ4v) is 4.51. The summed E-state index contributed by atoms with van der Waals surface area (Å²) in [5.41, 5.74) is 1.30. The third-order valence-corrected chi connectivity index (χ3v) is 5.76. The molecule has 3 atom stereocenters. The molecule has 1 aromatic carbocycles. The quantitative estimate of drug-likeness (QED) is 0.809. The fourth-order valence-electron chi connectivity index (χ4n) is 4.51. The summed E-state index contributed by atoms with van der Waals surface area (Å²) < 4.78 is 5.54. The first-order valence-corrected chi connectivity index (χ1v) is 9.88. The maximum Gasteiger partial charge on any atom is 0.237 e. The van der Waals surface area contributed by atoms with Crippen LogP contribution in [-0.4, -0.2) is 47.5 Å². The first-order valence-electron chi connectivity index (χ1n) is 9.88. The van der Waals surface area contributed by atoms with Gasteiger partial charge < -0.3 is 9.64 Å². The highest BCUT2D eigenvalue weighted by molar-refractivity contribution is 5.79. The summed E-state index contributed by atoms with van der Waals surface area (Å²) in [4.78, 5) is 17.5. The van der Waals surface area contributed by atoms with Gasteiger partial charge in [0.25, 0.3) is 0 Å². The second-order valence-corrected chi connectivity index (χ2v) is 7.56. The molecule has 0 aliphatic carbocycles. The average molecular weight is 344 g/mol. The molecule has 4 nitrogen and oxygen atoms in total. The lowest BCUT2D eigenvalue weighted by Gasteiger charge is -2.40. The van der Waals surface area contributed by atoms with E-state index in [0.29, 0.717) is 37.2 Å². The van der Waals surface area contributed by atoms with Gasteiger partial charge in [0.05, 0.1) is 13.2 Å². The molecule has 1 amide bonds. The standard InChI is InChI=1S/C21H32N2O2/c1-4-25-19-12-10-18(11-13-19)20-9-6-14-22(20)15-21(24)23-16(2)7-5-8-17(23)3/h10-13,16-17,20H,4-9,14-15H2,1-3H3. The number of carbonyl (C=O) groups is 1. The second kappa shape index (κ2) is 8.22. The van der Waals surface area contributed by atoms with E-state index >= 15 is 0 Å². The van der Waals surface area contributed by atoms with E-state index in [-0.39, 0.29) is 0 Å². The zero-order valence-corrected chi connectivity index (χ0v) is 15.9. The Hall–Kier alpha value is -1.55. The Balaban J connectivity index is 1.66. The number of rotatable bonds is 5. The van der Waals surface area contributed by atoms with E-state index < -0.39 is 0 Å². The van der Waals surface area contributed by atoms with Gasteiger partial charge >= 0.3 is 0 Å². The van der Waals surface area contributed by atoms with Crippen LogP contribution in [0.15, 0.2) is 24.3 Å². The van der Waals surface area contributed by atoms with Gasteiger partial charge in [-0.25, -0.2) is 0 Å². The van der Waals surface area contributed by atoms with Crippen LogP contribution in [0, 0.1) is 0 Å². The van der Waals surface area contributed by atoms with Crippen molar-refractivity contribution in [1.82, 2.24) is 9.80 Å². The predicted octanol–water partition coefficient (Wildman–Crippen LogP) is 4.01. The van der Waals surface area contributed by atoms with E-state index in [1.807, 2.05) is 19.1 Å². The van der Waals surface area contributed by atoms with E-state index in [9.17, 15) is 4.79 Å². The molecule has 2 saturated heterocycles. The van der Waals surface area contributed by atoms with Crippen molar-refractivity contribution in [2.45, 2.75) is 71.0 Å². The van der Waals surface area contributed by atoms with Crippen molar-refractivity contribution in [3.63, 3.8) is 0 Å². The number of amides is 1. The van der Waals surface area contributed by atoms with Gasteiger partial charge in [-0.1, -0.05) is 12.1 Å². The number of piperidine rings is 1. The Labute approximate surface area is 152 Å². The van der Waals surface area contributed by atoms with Gasteiger partial charge in [-0.05, 0) is 77.1 Å². The van der Waals surface area contributed by atoms with Gasteiger partial charge in [0.1, 0.15) is 5.75 Å².